The van der Waals surface area contributed by atoms with Crippen molar-refractivity contribution in [2.75, 3.05) is 6.54 Å². The molecule has 3 rings (SSSR count). The highest BCUT2D eigenvalue weighted by Crippen LogP contribution is 2.43. The maximum Gasteiger partial charge on any atom is 0.322 e. The summed E-state index contributed by atoms with van der Waals surface area (Å²) in [5.41, 5.74) is 0.119. The van der Waals surface area contributed by atoms with E-state index in [-0.39, 0.29) is 5.69 Å². The zero-order valence-electron chi connectivity index (χ0n) is 13.0. The molecule has 0 saturated carbocycles. The highest BCUT2D eigenvalue weighted by Gasteiger charge is 2.41. The standard InChI is InChI=1S/C16H14ClN3O4S/c1-8-14-11(6-12(19-8)15(23)18-7-13(21)22)16(24,20-25-14)9-2-4-10(17)5-3-9/h2-6,20,24H,7H2,1H3,(H,18,23)(H,21,22). The van der Waals surface area contributed by atoms with Gasteiger partial charge in [-0.1, -0.05) is 23.7 Å². The van der Waals surface area contributed by atoms with Crippen molar-refractivity contribution in [1.82, 2.24) is 15.0 Å². The normalized spacial score (nSPS) is 18.7. The van der Waals surface area contributed by atoms with Gasteiger partial charge in [0.2, 0.25) is 0 Å². The number of hydrogen-bond donors (Lipinski definition) is 4. The molecule has 0 fully saturated rings. The number of carboxylic acids is 1. The Kier molecular flexibility index (Phi) is 4.70. The predicted molar refractivity (Wildman–Crippen MR) is 92.4 cm³/mol. The van der Waals surface area contributed by atoms with Crippen molar-refractivity contribution in [3.63, 3.8) is 0 Å². The molecular formula is C16H14ClN3O4S. The molecule has 7 nitrogen and oxygen atoms in total. The molecule has 0 saturated heterocycles. The van der Waals surface area contributed by atoms with Crippen molar-refractivity contribution in [3.05, 3.63) is 57.9 Å². The van der Waals surface area contributed by atoms with Gasteiger partial charge in [-0.25, -0.2) is 9.71 Å². The van der Waals surface area contributed by atoms with Crippen molar-refractivity contribution in [2.45, 2.75) is 17.5 Å². The lowest BCUT2D eigenvalue weighted by Gasteiger charge is -2.24. The van der Waals surface area contributed by atoms with E-state index < -0.39 is 24.1 Å². The Labute approximate surface area is 152 Å². The zero-order chi connectivity index (χ0) is 18.2. The van der Waals surface area contributed by atoms with Crippen molar-refractivity contribution in [3.8, 4) is 0 Å². The molecule has 25 heavy (non-hydrogen) atoms. The summed E-state index contributed by atoms with van der Waals surface area (Å²) in [6.45, 7) is 1.21. The van der Waals surface area contributed by atoms with Gasteiger partial charge in [0, 0.05) is 16.1 Å². The summed E-state index contributed by atoms with van der Waals surface area (Å²) in [6, 6.07) is 8.15. The van der Waals surface area contributed by atoms with Gasteiger partial charge in [-0.3, -0.25) is 9.59 Å². The van der Waals surface area contributed by atoms with Crippen LogP contribution in [-0.4, -0.2) is 33.6 Å². The largest absolute Gasteiger partial charge is 0.480 e. The van der Waals surface area contributed by atoms with Crippen molar-refractivity contribution in [2.24, 2.45) is 0 Å². The minimum atomic E-state index is -1.51. The second kappa shape index (κ2) is 6.64. The number of rotatable bonds is 4. The number of aliphatic hydroxyl groups is 1. The molecular weight excluding hydrogens is 366 g/mol. The van der Waals surface area contributed by atoms with Gasteiger partial charge in [0.05, 0.1) is 10.6 Å². The monoisotopic (exact) mass is 379 g/mol. The molecule has 1 aliphatic heterocycles. The van der Waals surface area contributed by atoms with Crippen LogP contribution in [0.4, 0.5) is 0 Å². The first-order valence-electron chi connectivity index (χ1n) is 7.26. The molecule has 1 aromatic carbocycles. The second-order valence-corrected chi connectivity index (χ2v) is 6.72. The summed E-state index contributed by atoms with van der Waals surface area (Å²) in [5.74, 6) is -1.77. The number of hydrogen-bond acceptors (Lipinski definition) is 6. The lowest BCUT2D eigenvalue weighted by Crippen LogP contribution is -2.36. The Morgan fingerprint density at radius 3 is 2.68 bits per heavy atom. The summed E-state index contributed by atoms with van der Waals surface area (Å²) in [7, 11) is 0. The van der Waals surface area contributed by atoms with Crippen molar-refractivity contribution < 1.29 is 19.8 Å². The molecule has 2 aromatic rings. The van der Waals surface area contributed by atoms with E-state index in [1.807, 2.05) is 0 Å². The van der Waals surface area contributed by atoms with Gasteiger partial charge in [-0.2, -0.15) is 0 Å². The van der Waals surface area contributed by atoms with Gasteiger partial charge >= 0.3 is 5.97 Å². The van der Waals surface area contributed by atoms with E-state index in [2.05, 4.69) is 15.0 Å². The fraction of sp³-hybridized carbons (Fsp3) is 0.188. The third kappa shape index (κ3) is 3.34. The van der Waals surface area contributed by atoms with Gasteiger partial charge < -0.3 is 15.5 Å². The highest BCUT2D eigenvalue weighted by atomic mass is 35.5. The number of fused-ring (bicyclic) bond motifs is 1. The van der Waals surface area contributed by atoms with Crippen molar-refractivity contribution in [1.29, 1.82) is 0 Å². The Morgan fingerprint density at radius 2 is 2.04 bits per heavy atom. The van der Waals surface area contributed by atoms with E-state index in [4.69, 9.17) is 16.7 Å². The Morgan fingerprint density at radius 1 is 1.36 bits per heavy atom. The van der Waals surface area contributed by atoms with Crippen LogP contribution in [0.5, 0.6) is 0 Å². The number of nitrogens with one attached hydrogen (secondary N) is 2. The maximum atomic E-state index is 12.1. The number of carbonyl (C=O) groups is 2. The Hall–Kier alpha value is -2.13. The average molecular weight is 380 g/mol. The van der Waals surface area contributed by atoms with Gasteiger partial charge in [0.1, 0.15) is 12.2 Å². The first-order valence-corrected chi connectivity index (χ1v) is 8.45. The Balaban J connectivity index is 2.01. The summed E-state index contributed by atoms with van der Waals surface area (Å²) in [5, 5.41) is 22.6. The molecule has 130 valence electrons. The third-order valence-corrected chi connectivity index (χ3v) is 5.10. The topological polar surface area (TPSA) is 112 Å². The van der Waals surface area contributed by atoms with Gasteiger partial charge in [-0.05, 0) is 37.1 Å². The van der Waals surface area contributed by atoms with Gasteiger partial charge in [-0.15, -0.1) is 0 Å². The third-order valence-electron chi connectivity index (χ3n) is 3.73. The van der Waals surface area contributed by atoms with Gasteiger partial charge in [0.15, 0.2) is 5.72 Å². The van der Waals surface area contributed by atoms with Crippen LogP contribution in [0.1, 0.15) is 27.3 Å². The SMILES string of the molecule is Cc1nc(C(=O)NCC(=O)O)cc2c1SNC2(O)c1ccc(Cl)cc1. The van der Waals surface area contributed by atoms with Crippen molar-refractivity contribution >= 4 is 35.4 Å². The Bertz CT molecular complexity index is 859. The minimum absolute atomic E-state index is 0.0363. The number of amides is 1. The summed E-state index contributed by atoms with van der Waals surface area (Å²) >= 11 is 7.12. The number of benzene rings is 1. The minimum Gasteiger partial charge on any atom is -0.480 e. The smallest absolute Gasteiger partial charge is 0.322 e. The molecule has 1 amide bonds. The summed E-state index contributed by atoms with van der Waals surface area (Å²) in [6.07, 6.45) is 0. The van der Waals surface area contributed by atoms with E-state index in [0.717, 1.165) is 0 Å². The van der Waals surface area contributed by atoms with E-state index in [1.165, 1.54) is 18.0 Å². The van der Waals surface area contributed by atoms with E-state index in [1.54, 1.807) is 31.2 Å². The number of nitrogens with zero attached hydrogens (tertiary/aromatic N) is 1. The van der Waals surface area contributed by atoms with E-state index in [9.17, 15) is 14.7 Å². The number of aromatic nitrogens is 1. The van der Waals surface area contributed by atoms with Crippen LogP contribution in [0.2, 0.25) is 5.02 Å². The zero-order valence-corrected chi connectivity index (χ0v) is 14.6. The maximum absolute atomic E-state index is 12.1. The molecule has 1 atom stereocenters. The number of aryl methyl sites for hydroxylation is 1. The van der Waals surface area contributed by atoms with Crippen LogP contribution in [0.25, 0.3) is 0 Å². The first kappa shape index (κ1) is 17.7. The first-order chi connectivity index (χ1) is 11.8. The molecule has 9 heteroatoms. The fourth-order valence-corrected chi connectivity index (χ4v) is 3.62. The number of halogens is 1. The van der Waals surface area contributed by atoms with Crippen LogP contribution in [0.3, 0.4) is 0 Å². The molecule has 0 aliphatic carbocycles. The molecule has 4 N–H and O–H groups in total. The molecule has 0 spiro atoms. The predicted octanol–water partition coefficient (Wildman–Crippen LogP) is 1.66. The number of pyridine rings is 1. The number of carboxylic acid groups (broad SMARTS) is 1. The van der Waals surface area contributed by atoms with Crippen LogP contribution >= 0.6 is 23.5 Å². The molecule has 0 bridgehead atoms. The van der Waals surface area contributed by atoms with Crippen LogP contribution in [0, 0.1) is 6.92 Å². The van der Waals surface area contributed by atoms with Crippen LogP contribution < -0.4 is 10.0 Å². The van der Waals surface area contributed by atoms with Gasteiger partial charge in [0.25, 0.3) is 5.91 Å². The summed E-state index contributed by atoms with van der Waals surface area (Å²) < 4.78 is 2.95. The molecule has 1 unspecified atom stereocenters. The van der Waals surface area contributed by atoms with E-state index >= 15 is 0 Å². The highest BCUT2D eigenvalue weighted by molar-refractivity contribution is 7.97. The molecule has 2 heterocycles. The fourth-order valence-electron chi connectivity index (χ4n) is 2.51. The second-order valence-electron chi connectivity index (χ2n) is 5.47. The number of carbonyl (C=O) groups excluding carboxylic acids is 1. The van der Waals surface area contributed by atoms with E-state index in [0.29, 0.717) is 26.7 Å². The van der Waals surface area contributed by atoms with Crippen LogP contribution in [-0.2, 0) is 10.5 Å². The lowest BCUT2D eigenvalue weighted by atomic mass is 9.94. The van der Waals surface area contributed by atoms with Crippen LogP contribution in [0.15, 0.2) is 35.2 Å². The lowest BCUT2D eigenvalue weighted by molar-refractivity contribution is -0.135. The molecule has 1 aliphatic rings. The molecule has 1 aromatic heterocycles. The summed E-state index contributed by atoms with van der Waals surface area (Å²) in [4.78, 5) is 27.6. The molecule has 0 radical (unpaired) electrons. The average Bonchev–Trinajstić information content (AvgIpc) is 2.92. The number of aliphatic carboxylic acids is 1. The quantitative estimate of drug-likeness (QED) is 0.598.